The van der Waals surface area contributed by atoms with E-state index in [4.69, 9.17) is 10.3 Å². The lowest BCUT2D eigenvalue weighted by molar-refractivity contribution is -0.0316. The van der Waals surface area contributed by atoms with E-state index in [-0.39, 0.29) is 17.4 Å². The number of hydrogen-bond acceptors (Lipinski definition) is 7. The summed E-state index contributed by atoms with van der Waals surface area (Å²) < 4.78 is 34.7. The Bertz CT molecular complexity index is 792. The van der Waals surface area contributed by atoms with Crippen LogP contribution >= 0.6 is 11.3 Å². The third-order valence-corrected chi connectivity index (χ3v) is 4.79. The van der Waals surface area contributed by atoms with E-state index >= 15 is 0 Å². The molecule has 0 radical (unpaired) electrons. The Hall–Kier alpha value is -2.09. The summed E-state index contributed by atoms with van der Waals surface area (Å²) >= 11 is 1.12. The third kappa shape index (κ3) is 3.24. The Labute approximate surface area is 140 Å². The number of nitrogens with two attached hydrogens (primary N) is 1. The van der Waals surface area contributed by atoms with E-state index in [1.54, 1.807) is 5.38 Å². The highest BCUT2D eigenvalue weighted by molar-refractivity contribution is 7.80. The minimum absolute atomic E-state index is 0.0595. The second-order valence-electron chi connectivity index (χ2n) is 5.19. The summed E-state index contributed by atoms with van der Waals surface area (Å²) in [5, 5.41) is 2.40. The average molecular weight is 375 g/mol. The van der Waals surface area contributed by atoms with E-state index < -0.39 is 34.4 Å². The number of amides is 3. The number of carbonyl (C=O) groups is 2. The monoisotopic (exact) mass is 375 g/mol. The largest absolute Gasteiger partial charge is 0.418 e. The highest BCUT2D eigenvalue weighted by Gasteiger charge is 2.48. The number of rotatable bonds is 4. The molecule has 11 nitrogen and oxygen atoms in total. The van der Waals surface area contributed by atoms with Gasteiger partial charge < -0.3 is 10.6 Å². The summed E-state index contributed by atoms with van der Waals surface area (Å²) in [5.74, 6) is -0.669. The fraction of sp³-hybridized carbons (Fsp3) is 0.455. The fourth-order valence-corrected chi connectivity index (χ4v) is 3.61. The Morgan fingerprint density at radius 3 is 2.88 bits per heavy atom. The van der Waals surface area contributed by atoms with Crippen molar-refractivity contribution in [3.05, 3.63) is 16.6 Å². The number of hydroxylamine groups is 2. The molecule has 0 aliphatic carbocycles. The predicted octanol–water partition coefficient (Wildman–Crippen LogP) is -0.357. The van der Waals surface area contributed by atoms with Crippen molar-refractivity contribution >= 4 is 39.5 Å². The Kier molecular flexibility index (Phi) is 4.25. The number of piperidine rings is 1. The summed E-state index contributed by atoms with van der Waals surface area (Å²) in [6.45, 7) is 0.153. The first-order chi connectivity index (χ1) is 11.3. The summed E-state index contributed by atoms with van der Waals surface area (Å²) in [4.78, 5) is 33.0. The van der Waals surface area contributed by atoms with Gasteiger partial charge in [0.1, 0.15) is 5.84 Å². The Morgan fingerprint density at radius 1 is 1.50 bits per heavy atom. The predicted molar refractivity (Wildman–Crippen MR) is 81.5 cm³/mol. The number of carbonyl (C=O) groups excluding carboxylic acids is 2. The number of thiazole rings is 1. The van der Waals surface area contributed by atoms with Crippen LogP contribution in [0.4, 0.5) is 4.79 Å². The van der Waals surface area contributed by atoms with Gasteiger partial charge in [0, 0.05) is 18.1 Å². The number of nitrogens with zero attached hydrogens (tertiary/aromatic N) is 4. The molecule has 2 bridgehead atoms. The molecule has 3 amide bonds. The lowest BCUT2D eigenvalue weighted by atomic mass is 10.0. The van der Waals surface area contributed by atoms with Gasteiger partial charge in [0.15, 0.2) is 5.01 Å². The van der Waals surface area contributed by atoms with E-state index in [1.165, 1.54) is 11.1 Å². The van der Waals surface area contributed by atoms with Gasteiger partial charge >= 0.3 is 22.3 Å². The molecule has 0 unspecified atom stereocenters. The molecular formula is C11H13N5O6S2. The van der Waals surface area contributed by atoms with Crippen LogP contribution in [0.25, 0.3) is 0 Å². The highest BCUT2D eigenvalue weighted by atomic mass is 32.3. The van der Waals surface area contributed by atoms with Crippen molar-refractivity contribution in [2.24, 2.45) is 10.7 Å². The van der Waals surface area contributed by atoms with Crippen molar-refractivity contribution in [1.29, 1.82) is 0 Å². The topological polar surface area (TPSA) is 155 Å². The Morgan fingerprint density at radius 2 is 2.25 bits per heavy atom. The zero-order chi connectivity index (χ0) is 17.5. The van der Waals surface area contributed by atoms with E-state index in [1.807, 2.05) is 0 Å². The maximum Gasteiger partial charge on any atom is 0.418 e. The Balaban J connectivity index is 1.77. The quantitative estimate of drug-likeness (QED) is 0.411. The average Bonchev–Trinajstić information content (AvgIpc) is 3.11. The molecule has 1 aromatic heterocycles. The van der Waals surface area contributed by atoms with Crippen LogP contribution in [0, 0.1) is 0 Å². The molecule has 2 aliphatic heterocycles. The molecular weight excluding hydrogens is 362 g/mol. The first kappa shape index (κ1) is 16.8. The first-order valence-corrected chi connectivity index (χ1v) is 9.05. The zero-order valence-electron chi connectivity index (χ0n) is 12.1. The SMILES string of the molecule is NC(=NC(=O)c1nccs1)[C@@H]1CC[C@@H]2CN1C(=O)N2OS(=O)(=O)O. The molecule has 3 rings (SSSR count). The summed E-state index contributed by atoms with van der Waals surface area (Å²) in [5.41, 5.74) is 5.86. The minimum atomic E-state index is -4.81. The second kappa shape index (κ2) is 6.08. The molecule has 13 heteroatoms. The molecule has 0 aromatic carbocycles. The van der Waals surface area contributed by atoms with Crippen molar-refractivity contribution in [2.45, 2.75) is 24.9 Å². The third-order valence-electron chi connectivity index (χ3n) is 3.68. The van der Waals surface area contributed by atoms with Gasteiger partial charge in [-0.1, -0.05) is 0 Å². The number of hydrogen-bond donors (Lipinski definition) is 2. The van der Waals surface area contributed by atoms with Gasteiger partial charge in [-0.3, -0.25) is 9.35 Å². The maximum absolute atomic E-state index is 12.2. The number of urea groups is 1. The number of amidine groups is 1. The van der Waals surface area contributed by atoms with Gasteiger partial charge in [-0.05, 0) is 12.8 Å². The van der Waals surface area contributed by atoms with E-state index in [0.717, 1.165) is 11.3 Å². The van der Waals surface area contributed by atoms with Crippen molar-refractivity contribution in [2.75, 3.05) is 6.54 Å². The van der Waals surface area contributed by atoms with Crippen LogP contribution in [0.5, 0.6) is 0 Å². The smallest absolute Gasteiger partial charge is 0.385 e. The summed E-state index contributed by atoms with van der Waals surface area (Å²) in [6, 6.07) is -1.95. The second-order valence-corrected chi connectivity index (χ2v) is 7.09. The van der Waals surface area contributed by atoms with Gasteiger partial charge in [-0.25, -0.2) is 9.78 Å². The van der Waals surface area contributed by atoms with Crippen LogP contribution in [0.2, 0.25) is 0 Å². The van der Waals surface area contributed by atoms with E-state index in [2.05, 4.69) is 14.3 Å². The normalized spacial score (nSPS) is 24.5. The van der Waals surface area contributed by atoms with Gasteiger partial charge in [0.25, 0.3) is 0 Å². The zero-order valence-corrected chi connectivity index (χ0v) is 13.7. The van der Waals surface area contributed by atoms with Gasteiger partial charge in [-0.15, -0.1) is 15.6 Å². The molecule has 0 spiro atoms. The number of aliphatic imine (C=N–C) groups is 1. The van der Waals surface area contributed by atoms with Crippen LogP contribution in [0.3, 0.4) is 0 Å². The molecule has 3 heterocycles. The van der Waals surface area contributed by atoms with Crippen LogP contribution in [0.1, 0.15) is 22.6 Å². The first-order valence-electron chi connectivity index (χ1n) is 6.81. The molecule has 2 saturated heterocycles. The van der Waals surface area contributed by atoms with Gasteiger partial charge in [0.05, 0.1) is 12.1 Å². The van der Waals surface area contributed by atoms with Crippen molar-refractivity contribution < 1.29 is 26.8 Å². The highest BCUT2D eigenvalue weighted by Crippen LogP contribution is 2.30. The molecule has 3 N–H and O–H groups in total. The van der Waals surface area contributed by atoms with Crippen molar-refractivity contribution in [3.8, 4) is 0 Å². The minimum Gasteiger partial charge on any atom is -0.385 e. The fourth-order valence-electron chi connectivity index (χ4n) is 2.71. The van der Waals surface area contributed by atoms with Gasteiger partial charge in [-0.2, -0.15) is 18.5 Å². The van der Waals surface area contributed by atoms with E-state index in [9.17, 15) is 18.0 Å². The molecule has 2 atom stereocenters. The van der Waals surface area contributed by atoms with Crippen LogP contribution in [0.15, 0.2) is 16.6 Å². The van der Waals surface area contributed by atoms with Crippen molar-refractivity contribution in [1.82, 2.24) is 14.9 Å². The molecule has 0 saturated carbocycles. The van der Waals surface area contributed by atoms with Gasteiger partial charge in [0.2, 0.25) is 0 Å². The summed E-state index contributed by atoms with van der Waals surface area (Å²) in [6.07, 6.45) is 2.22. The van der Waals surface area contributed by atoms with E-state index in [0.29, 0.717) is 17.9 Å². The maximum atomic E-state index is 12.2. The number of fused-ring (bicyclic) bond motifs is 2. The van der Waals surface area contributed by atoms with Crippen LogP contribution < -0.4 is 5.73 Å². The molecule has 1 aromatic rings. The molecule has 24 heavy (non-hydrogen) atoms. The lowest BCUT2D eigenvalue weighted by Gasteiger charge is -2.29. The standard InChI is InChI=1S/C11H13N5O6S2/c12-8(14-9(17)10-13-3-4-23-10)7-2-1-6-5-15(7)11(18)16(6)22-24(19,20)21/h3-4,6-7H,1-2,5H2,(H2,12,14,17)(H,19,20,21)/t6-,7+/m1/s1. The molecule has 130 valence electrons. The molecule has 2 fully saturated rings. The van der Waals surface area contributed by atoms with Crippen LogP contribution in [-0.4, -0.2) is 64.3 Å². The lowest BCUT2D eigenvalue weighted by Crippen LogP contribution is -2.48. The van der Waals surface area contributed by atoms with Crippen LogP contribution in [-0.2, 0) is 14.7 Å². The van der Waals surface area contributed by atoms with Crippen molar-refractivity contribution in [3.63, 3.8) is 0 Å². The molecule has 2 aliphatic rings. The number of aromatic nitrogens is 1. The summed E-state index contributed by atoms with van der Waals surface area (Å²) in [7, 11) is -4.81.